The smallest absolute Gasteiger partial charge is 0.228 e. The molecule has 1 saturated heterocycles. The van der Waals surface area contributed by atoms with Crippen LogP contribution in [0.3, 0.4) is 0 Å². The van der Waals surface area contributed by atoms with E-state index in [2.05, 4.69) is 11.4 Å². The highest BCUT2D eigenvalue weighted by Gasteiger charge is 2.58. The van der Waals surface area contributed by atoms with E-state index < -0.39 is 0 Å². The van der Waals surface area contributed by atoms with Gasteiger partial charge in [-0.3, -0.25) is 9.59 Å². The lowest BCUT2D eigenvalue weighted by Crippen LogP contribution is -2.39. The minimum Gasteiger partial charge on any atom is -0.343 e. The van der Waals surface area contributed by atoms with E-state index in [0.717, 1.165) is 49.2 Å². The van der Waals surface area contributed by atoms with E-state index in [1.165, 1.54) is 0 Å². The van der Waals surface area contributed by atoms with Gasteiger partial charge >= 0.3 is 0 Å². The molecule has 2 fully saturated rings. The largest absolute Gasteiger partial charge is 0.343 e. The van der Waals surface area contributed by atoms with Crippen molar-refractivity contribution in [2.45, 2.75) is 46.5 Å². The second kappa shape index (κ2) is 5.99. The van der Waals surface area contributed by atoms with Gasteiger partial charge in [0.1, 0.15) is 0 Å². The summed E-state index contributed by atoms with van der Waals surface area (Å²) in [6, 6.07) is 6.14. The number of carbonyl (C=O) groups excluding carboxylic acids is 2. The predicted octanol–water partition coefficient (Wildman–Crippen LogP) is 3.28. The quantitative estimate of drug-likeness (QED) is 0.931. The zero-order valence-electron chi connectivity index (χ0n) is 14.3. The van der Waals surface area contributed by atoms with E-state index in [1.54, 1.807) is 0 Å². The Morgan fingerprint density at radius 1 is 1.17 bits per heavy atom. The van der Waals surface area contributed by atoms with Crippen LogP contribution in [0.1, 0.15) is 43.7 Å². The van der Waals surface area contributed by atoms with Crippen molar-refractivity contribution in [2.75, 3.05) is 18.4 Å². The van der Waals surface area contributed by atoms with E-state index in [4.69, 9.17) is 0 Å². The summed E-state index contributed by atoms with van der Waals surface area (Å²) in [6.45, 7) is 7.60. The van der Waals surface area contributed by atoms with Gasteiger partial charge in [0.2, 0.25) is 11.8 Å². The first kappa shape index (κ1) is 16.0. The summed E-state index contributed by atoms with van der Waals surface area (Å²) in [5.74, 6) is 0.490. The van der Waals surface area contributed by atoms with Crippen LogP contribution in [0, 0.1) is 25.2 Å². The molecular weight excluding hydrogens is 288 g/mol. The first-order chi connectivity index (χ1) is 10.9. The molecule has 2 amide bonds. The van der Waals surface area contributed by atoms with Gasteiger partial charge in [0, 0.05) is 31.1 Å². The van der Waals surface area contributed by atoms with Crippen molar-refractivity contribution in [3.8, 4) is 0 Å². The normalized spacial score (nSPS) is 22.0. The standard InChI is InChI=1S/C19H26N2O2/c1-4-17(22)21-7-5-19(6-8-21)12-16(19)18(23)20-15-10-13(2)9-14(3)11-15/h9-11,16H,4-8,12H2,1-3H3,(H,20,23)/t16-/m0/s1. The van der Waals surface area contributed by atoms with Crippen LogP contribution in [0.4, 0.5) is 5.69 Å². The molecule has 4 nitrogen and oxygen atoms in total. The molecule has 0 radical (unpaired) electrons. The molecule has 1 spiro atoms. The lowest BCUT2D eigenvalue weighted by atomic mass is 9.90. The topological polar surface area (TPSA) is 49.4 Å². The Balaban J connectivity index is 1.58. The maximum absolute atomic E-state index is 12.6. The van der Waals surface area contributed by atoms with Gasteiger partial charge in [-0.05, 0) is 61.8 Å². The van der Waals surface area contributed by atoms with Gasteiger partial charge < -0.3 is 10.2 Å². The molecule has 1 aliphatic heterocycles. The molecule has 0 aromatic heterocycles. The van der Waals surface area contributed by atoms with Crippen molar-refractivity contribution in [1.82, 2.24) is 4.90 Å². The Morgan fingerprint density at radius 3 is 2.35 bits per heavy atom. The molecule has 4 heteroatoms. The summed E-state index contributed by atoms with van der Waals surface area (Å²) in [4.78, 5) is 26.3. The minimum atomic E-state index is 0.113. The van der Waals surface area contributed by atoms with Gasteiger partial charge in [-0.1, -0.05) is 13.0 Å². The van der Waals surface area contributed by atoms with Crippen LogP contribution in [0.5, 0.6) is 0 Å². The van der Waals surface area contributed by atoms with Crippen LogP contribution in [-0.4, -0.2) is 29.8 Å². The maximum Gasteiger partial charge on any atom is 0.228 e. The van der Waals surface area contributed by atoms with E-state index in [9.17, 15) is 9.59 Å². The molecule has 1 N–H and O–H groups in total. The molecule has 23 heavy (non-hydrogen) atoms. The lowest BCUT2D eigenvalue weighted by molar-refractivity contribution is -0.132. The van der Waals surface area contributed by atoms with E-state index in [-0.39, 0.29) is 23.1 Å². The third-order valence-corrected chi connectivity index (χ3v) is 5.41. The highest BCUT2D eigenvalue weighted by Crippen LogP contribution is 2.59. The third kappa shape index (κ3) is 3.26. The van der Waals surface area contributed by atoms with Crippen molar-refractivity contribution in [2.24, 2.45) is 11.3 Å². The molecule has 1 saturated carbocycles. The fraction of sp³-hybridized carbons (Fsp3) is 0.579. The number of likely N-dealkylation sites (tertiary alicyclic amines) is 1. The highest BCUT2D eigenvalue weighted by atomic mass is 16.2. The van der Waals surface area contributed by atoms with Crippen molar-refractivity contribution >= 4 is 17.5 Å². The number of rotatable bonds is 3. The second-order valence-electron chi connectivity index (χ2n) is 7.22. The summed E-state index contributed by atoms with van der Waals surface area (Å²) < 4.78 is 0. The number of nitrogens with zero attached hydrogens (tertiary/aromatic N) is 1. The van der Waals surface area contributed by atoms with Gasteiger partial charge in [-0.25, -0.2) is 0 Å². The summed E-state index contributed by atoms with van der Waals surface area (Å²) in [5.41, 5.74) is 3.37. The number of hydrogen-bond acceptors (Lipinski definition) is 2. The molecule has 1 aromatic carbocycles. The van der Waals surface area contributed by atoms with E-state index >= 15 is 0 Å². The van der Waals surface area contributed by atoms with Crippen molar-refractivity contribution in [3.05, 3.63) is 29.3 Å². The molecule has 3 rings (SSSR count). The maximum atomic E-state index is 12.6. The van der Waals surface area contributed by atoms with Gasteiger partial charge in [-0.2, -0.15) is 0 Å². The molecule has 0 unspecified atom stereocenters. The number of anilines is 1. The summed E-state index contributed by atoms with van der Waals surface area (Å²) in [5, 5.41) is 3.08. The Morgan fingerprint density at radius 2 is 1.78 bits per heavy atom. The van der Waals surface area contributed by atoms with Crippen LogP contribution >= 0.6 is 0 Å². The van der Waals surface area contributed by atoms with Crippen LogP contribution in [0.2, 0.25) is 0 Å². The first-order valence-electron chi connectivity index (χ1n) is 8.60. The lowest BCUT2D eigenvalue weighted by Gasteiger charge is -2.32. The van der Waals surface area contributed by atoms with Gasteiger partial charge in [0.25, 0.3) is 0 Å². The third-order valence-electron chi connectivity index (χ3n) is 5.41. The molecule has 1 aromatic rings. The van der Waals surface area contributed by atoms with Crippen molar-refractivity contribution < 1.29 is 9.59 Å². The first-order valence-corrected chi connectivity index (χ1v) is 8.60. The minimum absolute atomic E-state index is 0.113. The van der Waals surface area contributed by atoms with E-state index in [1.807, 2.05) is 37.8 Å². The van der Waals surface area contributed by atoms with Crippen molar-refractivity contribution in [1.29, 1.82) is 0 Å². The van der Waals surface area contributed by atoms with Gasteiger partial charge in [0.05, 0.1) is 0 Å². The average Bonchev–Trinajstić information content (AvgIpc) is 3.20. The van der Waals surface area contributed by atoms with Crippen LogP contribution < -0.4 is 5.32 Å². The molecule has 1 heterocycles. The fourth-order valence-corrected chi connectivity index (χ4v) is 3.97. The highest BCUT2D eigenvalue weighted by molar-refractivity contribution is 5.95. The monoisotopic (exact) mass is 314 g/mol. The van der Waals surface area contributed by atoms with Crippen LogP contribution in [-0.2, 0) is 9.59 Å². The van der Waals surface area contributed by atoms with Crippen LogP contribution in [0.25, 0.3) is 0 Å². The Labute approximate surface area is 138 Å². The molecule has 1 atom stereocenters. The second-order valence-corrected chi connectivity index (χ2v) is 7.22. The SMILES string of the molecule is CCC(=O)N1CCC2(CC1)C[C@H]2C(=O)Nc1cc(C)cc(C)c1. The molecular formula is C19H26N2O2. The Hall–Kier alpha value is -1.84. The summed E-state index contributed by atoms with van der Waals surface area (Å²) >= 11 is 0. The van der Waals surface area contributed by atoms with Crippen molar-refractivity contribution in [3.63, 3.8) is 0 Å². The Kier molecular flexibility index (Phi) is 4.17. The summed E-state index contributed by atoms with van der Waals surface area (Å²) in [6.07, 6.45) is 3.47. The average molecular weight is 314 g/mol. The van der Waals surface area contributed by atoms with Gasteiger partial charge in [-0.15, -0.1) is 0 Å². The molecule has 0 bridgehead atoms. The number of benzene rings is 1. The number of carbonyl (C=O) groups is 2. The van der Waals surface area contributed by atoms with E-state index in [0.29, 0.717) is 6.42 Å². The fourth-order valence-electron chi connectivity index (χ4n) is 3.97. The molecule has 124 valence electrons. The molecule has 1 aliphatic carbocycles. The number of nitrogens with one attached hydrogen (secondary N) is 1. The molecule has 2 aliphatic rings. The number of amides is 2. The van der Waals surface area contributed by atoms with Gasteiger partial charge in [0.15, 0.2) is 0 Å². The number of piperidine rings is 1. The number of hydrogen-bond donors (Lipinski definition) is 1. The Bertz CT molecular complexity index is 610. The zero-order chi connectivity index (χ0) is 16.6. The summed E-state index contributed by atoms with van der Waals surface area (Å²) in [7, 11) is 0. The number of aryl methyl sites for hydroxylation is 2. The zero-order valence-corrected chi connectivity index (χ0v) is 14.3. The predicted molar refractivity (Wildman–Crippen MR) is 91.2 cm³/mol. The van der Waals surface area contributed by atoms with Crippen LogP contribution in [0.15, 0.2) is 18.2 Å².